The number of aromatic hydroxyl groups is 4. The second-order valence-corrected chi connectivity index (χ2v) is 8.22. The first-order valence-electron chi connectivity index (χ1n) is 10.1. The maximum atomic E-state index is 12.5. The summed E-state index contributed by atoms with van der Waals surface area (Å²) >= 11 is 0. The van der Waals surface area contributed by atoms with Crippen molar-refractivity contribution in [2.24, 2.45) is 11.8 Å². The van der Waals surface area contributed by atoms with E-state index in [0.29, 0.717) is 5.92 Å². The summed E-state index contributed by atoms with van der Waals surface area (Å²) < 4.78 is 5.43. The lowest BCUT2D eigenvalue weighted by Gasteiger charge is -2.37. The van der Waals surface area contributed by atoms with E-state index in [1.165, 1.54) is 30.3 Å². The molecule has 0 amide bonds. The molecule has 3 aromatic rings. The van der Waals surface area contributed by atoms with Crippen LogP contribution in [-0.4, -0.2) is 26.4 Å². The number of benzene rings is 3. The van der Waals surface area contributed by atoms with Gasteiger partial charge in [-0.1, -0.05) is 19.9 Å². The van der Waals surface area contributed by atoms with Crippen molar-refractivity contribution < 1.29 is 30.0 Å². The van der Waals surface area contributed by atoms with Gasteiger partial charge in [0.15, 0.2) is 23.0 Å². The zero-order chi connectivity index (χ0) is 22.3. The van der Waals surface area contributed by atoms with Gasteiger partial charge < -0.3 is 25.2 Å². The normalized spacial score (nSPS) is 20.1. The fourth-order valence-electron chi connectivity index (χ4n) is 4.29. The van der Waals surface area contributed by atoms with Gasteiger partial charge in [-0.25, -0.2) is 4.79 Å². The van der Waals surface area contributed by atoms with Crippen LogP contribution in [0.15, 0.2) is 54.6 Å². The predicted molar refractivity (Wildman–Crippen MR) is 115 cm³/mol. The molecule has 1 aliphatic rings. The molecule has 1 aliphatic carbocycles. The van der Waals surface area contributed by atoms with Crippen molar-refractivity contribution in [1.82, 2.24) is 0 Å². The highest BCUT2D eigenvalue weighted by molar-refractivity contribution is 5.91. The largest absolute Gasteiger partial charge is 0.508 e. The summed E-state index contributed by atoms with van der Waals surface area (Å²) in [5.41, 5.74) is 2.95. The monoisotopic (exact) mass is 420 g/mol. The van der Waals surface area contributed by atoms with Gasteiger partial charge >= 0.3 is 5.97 Å². The number of hydrogen-bond donors (Lipinski definition) is 4. The molecule has 0 bridgehead atoms. The lowest BCUT2D eigenvalue weighted by Crippen LogP contribution is -2.27. The molecule has 0 unspecified atom stereocenters. The zero-order valence-electron chi connectivity index (χ0n) is 17.2. The molecule has 0 saturated carbocycles. The number of carbonyl (C=O) groups excluding carboxylic acids is 1. The summed E-state index contributed by atoms with van der Waals surface area (Å²) in [7, 11) is 0. The van der Waals surface area contributed by atoms with Crippen LogP contribution in [0.5, 0.6) is 28.7 Å². The number of fused-ring (bicyclic) bond motifs is 1. The van der Waals surface area contributed by atoms with Gasteiger partial charge in [0.1, 0.15) is 5.75 Å². The minimum atomic E-state index is -0.632. The molecule has 160 valence electrons. The van der Waals surface area contributed by atoms with E-state index in [0.717, 1.165) is 23.1 Å². The zero-order valence-corrected chi connectivity index (χ0v) is 17.2. The Kier molecular flexibility index (Phi) is 5.23. The van der Waals surface area contributed by atoms with E-state index in [1.807, 2.05) is 0 Å². The maximum Gasteiger partial charge on any atom is 0.343 e. The van der Waals surface area contributed by atoms with Crippen molar-refractivity contribution >= 4 is 5.97 Å². The molecule has 6 nitrogen and oxygen atoms in total. The third-order valence-corrected chi connectivity index (χ3v) is 6.19. The Balaban J connectivity index is 1.71. The average Bonchev–Trinajstić information content (AvgIpc) is 2.73. The molecule has 3 aromatic carbocycles. The number of ether oxygens (including phenoxy) is 1. The van der Waals surface area contributed by atoms with E-state index < -0.39 is 5.97 Å². The molecule has 0 fully saturated rings. The van der Waals surface area contributed by atoms with Crippen LogP contribution in [0.1, 0.15) is 46.8 Å². The summed E-state index contributed by atoms with van der Waals surface area (Å²) in [5.74, 6) is -0.604. The molecular formula is C25H24O6. The van der Waals surface area contributed by atoms with Gasteiger partial charge in [-0.15, -0.1) is 0 Å². The summed E-state index contributed by atoms with van der Waals surface area (Å²) in [4.78, 5) is 12.5. The van der Waals surface area contributed by atoms with Crippen LogP contribution in [0.4, 0.5) is 0 Å². The van der Waals surface area contributed by atoms with Gasteiger partial charge in [-0.05, 0) is 83.5 Å². The van der Waals surface area contributed by atoms with E-state index in [-0.39, 0.29) is 46.1 Å². The molecule has 31 heavy (non-hydrogen) atoms. The average molecular weight is 420 g/mol. The van der Waals surface area contributed by atoms with Crippen LogP contribution in [0.2, 0.25) is 0 Å². The predicted octanol–water partition coefficient (Wildman–Crippen LogP) is 4.69. The quantitative estimate of drug-likeness (QED) is 0.278. The number of hydrogen-bond acceptors (Lipinski definition) is 6. The number of carbonyl (C=O) groups is 1. The molecule has 0 heterocycles. The highest BCUT2D eigenvalue weighted by Crippen LogP contribution is 2.47. The Morgan fingerprint density at radius 1 is 0.871 bits per heavy atom. The topological polar surface area (TPSA) is 107 Å². The third-order valence-electron chi connectivity index (χ3n) is 6.19. The Hall–Kier alpha value is -3.67. The van der Waals surface area contributed by atoms with Crippen LogP contribution in [0, 0.1) is 11.8 Å². The number of rotatable bonds is 3. The second-order valence-electron chi connectivity index (χ2n) is 8.22. The molecule has 0 aromatic heterocycles. The van der Waals surface area contributed by atoms with E-state index in [1.54, 1.807) is 24.3 Å². The maximum absolute atomic E-state index is 12.5. The fraction of sp³-hybridized carbons (Fsp3) is 0.240. The molecule has 0 radical (unpaired) electrons. The van der Waals surface area contributed by atoms with Crippen molar-refractivity contribution in [3.63, 3.8) is 0 Å². The van der Waals surface area contributed by atoms with Crippen LogP contribution in [0.25, 0.3) is 0 Å². The molecule has 0 spiro atoms. The molecule has 6 heteroatoms. The third kappa shape index (κ3) is 3.89. The summed E-state index contributed by atoms with van der Waals surface area (Å²) in [6.45, 7) is 4.26. The first kappa shape index (κ1) is 20.6. The van der Waals surface area contributed by atoms with Crippen LogP contribution >= 0.6 is 0 Å². The highest BCUT2D eigenvalue weighted by atomic mass is 16.5. The molecular weight excluding hydrogens is 396 g/mol. The highest BCUT2D eigenvalue weighted by Gasteiger charge is 2.34. The molecule has 4 N–H and O–H groups in total. The first-order chi connectivity index (χ1) is 14.7. The smallest absolute Gasteiger partial charge is 0.343 e. The Bertz CT molecular complexity index is 1140. The van der Waals surface area contributed by atoms with Gasteiger partial charge in [0.05, 0.1) is 5.56 Å². The lowest BCUT2D eigenvalue weighted by molar-refractivity contribution is 0.0729. The Morgan fingerprint density at radius 2 is 1.58 bits per heavy atom. The van der Waals surface area contributed by atoms with Crippen molar-refractivity contribution in [2.75, 3.05) is 0 Å². The van der Waals surface area contributed by atoms with Gasteiger partial charge in [-0.2, -0.15) is 0 Å². The number of esters is 1. The van der Waals surface area contributed by atoms with Gasteiger partial charge in [-0.3, -0.25) is 0 Å². The van der Waals surface area contributed by atoms with Crippen molar-refractivity contribution in [1.29, 1.82) is 0 Å². The van der Waals surface area contributed by atoms with Crippen molar-refractivity contribution in [3.8, 4) is 28.7 Å². The number of phenols is 4. The first-order valence-corrected chi connectivity index (χ1v) is 10.1. The summed E-state index contributed by atoms with van der Waals surface area (Å²) in [6, 6.07) is 13.8. The summed E-state index contributed by atoms with van der Waals surface area (Å²) in [6.07, 6.45) is 0.751. The minimum Gasteiger partial charge on any atom is -0.508 e. The van der Waals surface area contributed by atoms with Gasteiger partial charge in [0.2, 0.25) is 0 Å². The standard InChI is InChI=1S/C25H24O6/c1-13-9-17-11-23(31-25(30)15-3-6-18(26)7-4-15)22(29)12-19(17)24(14(13)2)16-5-8-20(27)21(28)10-16/h3-8,10-14,24,26-29H,9H2,1-2H3/t13-,14+,24-/m0/s1. The fourth-order valence-corrected chi connectivity index (χ4v) is 4.29. The van der Waals surface area contributed by atoms with Crippen LogP contribution < -0.4 is 4.74 Å². The minimum absolute atomic E-state index is 0.0441. The van der Waals surface area contributed by atoms with Crippen LogP contribution in [0.3, 0.4) is 0 Å². The van der Waals surface area contributed by atoms with E-state index in [2.05, 4.69) is 13.8 Å². The van der Waals surface area contributed by atoms with Gasteiger partial charge in [0, 0.05) is 5.92 Å². The second kappa shape index (κ2) is 7.87. The Labute approximate surface area is 180 Å². The Morgan fingerprint density at radius 3 is 2.26 bits per heavy atom. The van der Waals surface area contributed by atoms with Crippen LogP contribution in [-0.2, 0) is 6.42 Å². The van der Waals surface area contributed by atoms with Gasteiger partial charge in [0.25, 0.3) is 0 Å². The molecule has 0 aliphatic heterocycles. The van der Waals surface area contributed by atoms with E-state index >= 15 is 0 Å². The van der Waals surface area contributed by atoms with Crippen molar-refractivity contribution in [2.45, 2.75) is 26.2 Å². The number of phenolic OH excluding ortho intramolecular Hbond substituents is 4. The van der Waals surface area contributed by atoms with E-state index in [9.17, 15) is 25.2 Å². The van der Waals surface area contributed by atoms with E-state index in [4.69, 9.17) is 4.74 Å². The van der Waals surface area contributed by atoms with Crippen molar-refractivity contribution in [3.05, 3.63) is 76.9 Å². The molecule has 4 rings (SSSR count). The molecule has 3 atom stereocenters. The molecule has 0 saturated heterocycles. The summed E-state index contributed by atoms with van der Waals surface area (Å²) in [5, 5.41) is 39.7. The lowest BCUT2D eigenvalue weighted by atomic mass is 9.68. The SMILES string of the molecule is C[C@H]1[C@@H](c2ccc(O)c(O)c2)c2cc(O)c(OC(=O)c3ccc(O)cc3)cc2C[C@@H]1C.